The Morgan fingerprint density at radius 2 is 2.18 bits per heavy atom. The van der Waals surface area contributed by atoms with E-state index in [0.717, 1.165) is 50.0 Å². The van der Waals surface area contributed by atoms with Crippen molar-refractivity contribution in [1.82, 2.24) is 9.88 Å². The molecule has 1 fully saturated rings. The average Bonchev–Trinajstić information content (AvgIpc) is 2.55. The summed E-state index contributed by atoms with van der Waals surface area (Å²) in [6.07, 6.45) is 6.91. The Balaban J connectivity index is 1.59. The van der Waals surface area contributed by atoms with Crippen LogP contribution in [0.4, 0.5) is 0 Å². The predicted octanol–water partition coefficient (Wildman–Crippen LogP) is 3.49. The van der Waals surface area contributed by atoms with Gasteiger partial charge in [-0.05, 0) is 79.7 Å². The summed E-state index contributed by atoms with van der Waals surface area (Å²) in [7, 11) is 0. The van der Waals surface area contributed by atoms with E-state index in [2.05, 4.69) is 25.8 Å². The summed E-state index contributed by atoms with van der Waals surface area (Å²) < 4.78 is 6.75. The molecule has 1 aliphatic heterocycles. The molecule has 0 aliphatic carbocycles. The molecule has 1 N–H and O–H groups in total. The number of hydrogen-bond donors (Lipinski definition) is 1. The third kappa shape index (κ3) is 6.23. The minimum Gasteiger partial charge on any atom is -0.477 e. The van der Waals surface area contributed by atoms with Gasteiger partial charge in [0.05, 0.1) is 12.7 Å². The standard InChI is InChI=1S/C17H27BrN2O2/c1-2-16(21)4-3-9-20-10-7-14(8-11-20)13-22-17-6-5-15(18)12-19-17/h5-6,12,14,16,21H,2-4,7-11,13H2,1H3. The maximum atomic E-state index is 9.58. The van der Waals surface area contributed by atoms with E-state index in [1.165, 1.54) is 12.8 Å². The fourth-order valence-corrected chi connectivity index (χ4v) is 3.02. The zero-order chi connectivity index (χ0) is 15.8. The van der Waals surface area contributed by atoms with Gasteiger partial charge in [0.15, 0.2) is 0 Å². The number of hydrogen-bond acceptors (Lipinski definition) is 4. The van der Waals surface area contributed by atoms with Crippen LogP contribution >= 0.6 is 15.9 Å². The van der Waals surface area contributed by atoms with Gasteiger partial charge in [-0.25, -0.2) is 4.98 Å². The molecule has 1 aromatic rings. The van der Waals surface area contributed by atoms with Crippen molar-refractivity contribution in [3.05, 3.63) is 22.8 Å². The summed E-state index contributed by atoms with van der Waals surface area (Å²) in [4.78, 5) is 6.75. The summed E-state index contributed by atoms with van der Waals surface area (Å²) in [6, 6.07) is 3.86. The maximum Gasteiger partial charge on any atom is 0.213 e. The molecular weight excluding hydrogens is 344 g/mol. The SMILES string of the molecule is CCC(O)CCCN1CCC(COc2ccc(Br)cn2)CC1. The van der Waals surface area contributed by atoms with Gasteiger partial charge in [0.25, 0.3) is 0 Å². The lowest BCUT2D eigenvalue weighted by atomic mass is 9.97. The fourth-order valence-electron chi connectivity index (χ4n) is 2.78. The summed E-state index contributed by atoms with van der Waals surface area (Å²) >= 11 is 3.37. The van der Waals surface area contributed by atoms with E-state index in [-0.39, 0.29) is 6.10 Å². The van der Waals surface area contributed by atoms with Crippen molar-refractivity contribution in [2.24, 2.45) is 5.92 Å². The fraction of sp³-hybridized carbons (Fsp3) is 0.706. The number of nitrogens with zero attached hydrogens (tertiary/aromatic N) is 2. The van der Waals surface area contributed by atoms with Crippen LogP contribution in [-0.2, 0) is 0 Å². The topological polar surface area (TPSA) is 45.6 Å². The first-order valence-corrected chi connectivity index (χ1v) is 9.11. The molecule has 5 heteroatoms. The van der Waals surface area contributed by atoms with Crippen molar-refractivity contribution in [2.45, 2.75) is 45.1 Å². The van der Waals surface area contributed by atoms with E-state index in [1.54, 1.807) is 6.20 Å². The zero-order valence-corrected chi connectivity index (χ0v) is 15.0. The molecule has 1 atom stereocenters. The number of pyridine rings is 1. The number of likely N-dealkylation sites (tertiary alicyclic amines) is 1. The number of halogens is 1. The molecule has 124 valence electrons. The van der Waals surface area contributed by atoms with Gasteiger partial charge in [-0.1, -0.05) is 6.92 Å². The molecular formula is C17H27BrN2O2. The lowest BCUT2D eigenvalue weighted by Crippen LogP contribution is -2.36. The summed E-state index contributed by atoms with van der Waals surface area (Å²) in [5.74, 6) is 1.34. The van der Waals surface area contributed by atoms with Gasteiger partial charge in [-0.2, -0.15) is 0 Å². The molecule has 0 saturated carbocycles. The Labute approximate surface area is 142 Å². The minimum absolute atomic E-state index is 0.121. The van der Waals surface area contributed by atoms with Gasteiger partial charge in [0.1, 0.15) is 0 Å². The third-order valence-corrected chi connectivity index (χ3v) is 4.83. The number of aliphatic hydroxyl groups is 1. The van der Waals surface area contributed by atoms with Crippen LogP contribution in [0, 0.1) is 5.92 Å². The third-order valence-electron chi connectivity index (χ3n) is 4.36. The molecule has 1 aromatic heterocycles. The largest absolute Gasteiger partial charge is 0.477 e. The Morgan fingerprint density at radius 3 is 2.82 bits per heavy atom. The van der Waals surface area contributed by atoms with Gasteiger partial charge in [-0.15, -0.1) is 0 Å². The molecule has 0 amide bonds. The highest BCUT2D eigenvalue weighted by Crippen LogP contribution is 2.20. The predicted molar refractivity (Wildman–Crippen MR) is 92.1 cm³/mol. The highest BCUT2D eigenvalue weighted by Gasteiger charge is 2.19. The second-order valence-corrected chi connectivity index (χ2v) is 7.03. The molecule has 0 aromatic carbocycles. The first kappa shape index (κ1) is 17.7. The normalized spacial score (nSPS) is 18.3. The quantitative estimate of drug-likeness (QED) is 0.760. The number of aliphatic hydroxyl groups excluding tert-OH is 1. The van der Waals surface area contributed by atoms with Crippen molar-refractivity contribution in [3.63, 3.8) is 0 Å². The minimum atomic E-state index is -0.121. The van der Waals surface area contributed by atoms with Gasteiger partial charge < -0.3 is 14.7 Å². The zero-order valence-electron chi connectivity index (χ0n) is 13.4. The maximum absolute atomic E-state index is 9.58. The molecule has 4 nitrogen and oxygen atoms in total. The van der Waals surface area contributed by atoms with E-state index in [1.807, 2.05) is 19.1 Å². The van der Waals surface area contributed by atoms with E-state index >= 15 is 0 Å². The molecule has 1 unspecified atom stereocenters. The van der Waals surface area contributed by atoms with Crippen molar-refractivity contribution in [2.75, 3.05) is 26.2 Å². The van der Waals surface area contributed by atoms with Crippen molar-refractivity contribution in [3.8, 4) is 5.88 Å². The Bertz CT molecular complexity index is 419. The van der Waals surface area contributed by atoms with Gasteiger partial charge >= 0.3 is 0 Å². The van der Waals surface area contributed by atoms with Crippen LogP contribution in [-0.4, -0.2) is 47.3 Å². The molecule has 1 aliphatic rings. The number of rotatable bonds is 8. The van der Waals surface area contributed by atoms with Crippen LogP contribution < -0.4 is 4.74 Å². The summed E-state index contributed by atoms with van der Waals surface area (Å²) in [5, 5.41) is 9.58. The smallest absolute Gasteiger partial charge is 0.213 e. The van der Waals surface area contributed by atoms with Crippen molar-refractivity contribution >= 4 is 15.9 Å². The van der Waals surface area contributed by atoms with E-state index in [0.29, 0.717) is 11.8 Å². The van der Waals surface area contributed by atoms with Crippen LogP contribution in [0.1, 0.15) is 39.0 Å². The van der Waals surface area contributed by atoms with Gasteiger partial charge in [0, 0.05) is 16.7 Å². The van der Waals surface area contributed by atoms with Crippen LogP contribution in [0.3, 0.4) is 0 Å². The monoisotopic (exact) mass is 370 g/mol. The second-order valence-electron chi connectivity index (χ2n) is 6.11. The Kier molecular flexibility index (Phi) is 7.63. The highest BCUT2D eigenvalue weighted by molar-refractivity contribution is 9.10. The van der Waals surface area contributed by atoms with Crippen LogP contribution in [0.2, 0.25) is 0 Å². The van der Waals surface area contributed by atoms with E-state index in [9.17, 15) is 5.11 Å². The number of aromatic nitrogens is 1. The molecule has 0 radical (unpaired) electrons. The van der Waals surface area contributed by atoms with Gasteiger partial charge in [-0.3, -0.25) is 0 Å². The van der Waals surface area contributed by atoms with Crippen LogP contribution in [0.25, 0.3) is 0 Å². The van der Waals surface area contributed by atoms with E-state index in [4.69, 9.17) is 4.74 Å². The van der Waals surface area contributed by atoms with Crippen LogP contribution in [0.5, 0.6) is 5.88 Å². The number of piperidine rings is 1. The average molecular weight is 371 g/mol. The number of ether oxygens (including phenoxy) is 1. The molecule has 0 spiro atoms. The molecule has 2 heterocycles. The Hall–Kier alpha value is -0.650. The first-order valence-electron chi connectivity index (χ1n) is 8.32. The van der Waals surface area contributed by atoms with Crippen LogP contribution in [0.15, 0.2) is 22.8 Å². The van der Waals surface area contributed by atoms with Crippen molar-refractivity contribution in [1.29, 1.82) is 0 Å². The molecule has 2 rings (SSSR count). The Morgan fingerprint density at radius 1 is 1.41 bits per heavy atom. The lowest BCUT2D eigenvalue weighted by Gasteiger charge is -2.31. The highest BCUT2D eigenvalue weighted by atomic mass is 79.9. The molecule has 0 bridgehead atoms. The lowest BCUT2D eigenvalue weighted by molar-refractivity contribution is 0.123. The van der Waals surface area contributed by atoms with Gasteiger partial charge in [0.2, 0.25) is 5.88 Å². The van der Waals surface area contributed by atoms with E-state index < -0.39 is 0 Å². The summed E-state index contributed by atoms with van der Waals surface area (Å²) in [6.45, 7) is 6.19. The summed E-state index contributed by atoms with van der Waals surface area (Å²) in [5.41, 5.74) is 0. The molecule has 1 saturated heterocycles. The first-order chi connectivity index (χ1) is 10.7. The second kappa shape index (κ2) is 9.48. The molecule has 22 heavy (non-hydrogen) atoms. The van der Waals surface area contributed by atoms with Crippen molar-refractivity contribution < 1.29 is 9.84 Å².